The molecule has 1 saturated heterocycles. The minimum Gasteiger partial charge on any atom is -0.345 e. The number of ether oxygens (including phenoxy) is 2. The van der Waals surface area contributed by atoms with Gasteiger partial charge in [0.15, 0.2) is 12.1 Å². The average Bonchev–Trinajstić information content (AvgIpc) is 2.86. The van der Waals surface area contributed by atoms with Gasteiger partial charge in [-0.15, -0.1) is 22.7 Å². The summed E-state index contributed by atoms with van der Waals surface area (Å²) >= 11 is 8.28. The Morgan fingerprint density at radius 2 is 2.07 bits per heavy atom. The van der Waals surface area contributed by atoms with Crippen LogP contribution in [0, 0.1) is 5.82 Å². The Morgan fingerprint density at radius 3 is 2.73 bits per heavy atom. The third kappa shape index (κ3) is 1.59. The summed E-state index contributed by atoms with van der Waals surface area (Å²) in [7, 11) is 0. The lowest BCUT2D eigenvalue weighted by Gasteiger charge is -2.04. The van der Waals surface area contributed by atoms with Gasteiger partial charge in [-0.05, 0) is 6.07 Å². The Balaban J connectivity index is 2.06. The maximum Gasteiger partial charge on any atom is 0.193 e. The quantitative estimate of drug-likeness (QED) is 0.780. The molecule has 1 aliphatic rings. The van der Waals surface area contributed by atoms with Crippen LogP contribution in [-0.2, 0) is 9.47 Å². The van der Waals surface area contributed by atoms with Crippen LogP contribution in [0.4, 0.5) is 4.39 Å². The van der Waals surface area contributed by atoms with Crippen molar-refractivity contribution in [3.63, 3.8) is 0 Å². The maximum absolute atomic E-state index is 13.5. The van der Waals surface area contributed by atoms with Crippen LogP contribution >= 0.6 is 34.3 Å². The highest BCUT2D eigenvalue weighted by molar-refractivity contribution is 7.29. The number of rotatable bonds is 1. The second-order valence-corrected chi connectivity index (χ2v) is 5.84. The Labute approximate surface area is 98.2 Å². The van der Waals surface area contributed by atoms with E-state index < -0.39 is 0 Å². The lowest BCUT2D eigenvalue weighted by molar-refractivity contribution is -0.0412. The van der Waals surface area contributed by atoms with E-state index in [0.717, 1.165) is 9.58 Å². The summed E-state index contributed by atoms with van der Waals surface area (Å²) in [5.41, 5.74) is 0. The molecule has 3 heterocycles. The van der Waals surface area contributed by atoms with Crippen LogP contribution in [0.15, 0.2) is 6.07 Å². The molecular formula is C9H6ClFO2S2. The molecule has 0 saturated carbocycles. The fourth-order valence-electron chi connectivity index (χ4n) is 1.49. The van der Waals surface area contributed by atoms with Crippen LogP contribution in [0.3, 0.4) is 0 Å². The van der Waals surface area contributed by atoms with Crippen molar-refractivity contribution in [3.05, 3.63) is 21.1 Å². The van der Waals surface area contributed by atoms with Gasteiger partial charge in [-0.2, -0.15) is 0 Å². The normalized spacial score (nSPS) is 18.0. The fourth-order valence-corrected chi connectivity index (χ4v) is 4.03. The minimum absolute atomic E-state index is 0.219. The van der Waals surface area contributed by atoms with Crippen LogP contribution in [0.5, 0.6) is 0 Å². The number of hydrogen-bond donors (Lipinski definition) is 0. The van der Waals surface area contributed by atoms with Gasteiger partial charge in [0, 0.05) is 0 Å². The summed E-state index contributed by atoms with van der Waals surface area (Å²) in [5.74, 6) is -0.328. The molecule has 0 aromatic carbocycles. The van der Waals surface area contributed by atoms with E-state index in [1.54, 1.807) is 0 Å². The van der Waals surface area contributed by atoms with Gasteiger partial charge in [-0.1, -0.05) is 11.6 Å². The first-order chi connectivity index (χ1) is 7.25. The zero-order valence-corrected chi connectivity index (χ0v) is 9.85. The van der Waals surface area contributed by atoms with Gasteiger partial charge in [0.25, 0.3) is 0 Å². The summed E-state index contributed by atoms with van der Waals surface area (Å²) in [5, 5.41) is 0. The third-order valence-electron chi connectivity index (χ3n) is 2.14. The van der Waals surface area contributed by atoms with Crippen molar-refractivity contribution in [1.29, 1.82) is 0 Å². The van der Waals surface area contributed by atoms with Gasteiger partial charge >= 0.3 is 0 Å². The molecule has 0 unspecified atom stereocenters. The molecule has 2 aromatic heterocycles. The summed E-state index contributed by atoms with van der Waals surface area (Å²) in [4.78, 5) is 0.907. The molecule has 2 nitrogen and oxygen atoms in total. The topological polar surface area (TPSA) is 18.5 Å². The Hall–Kier alpha value is -0.200. The first-order valence-corrected chi connectivity index (χ1v) is 6.37. The van der Waals surface area contributed by atoms with Gasteiger partial charge < -0.3 is 9.47 Å². The van der Waals surface area contributed by atoms with Crippen LogP contribution in [0.1, 0.15) is 11.2 Å². The lowest BCUT2D eigenvalue weighted by Crippen LogP contribution is -1.93. The van der Waals surface area contributed by atoms with E-state index in [0.29, 0.717) is 17.9 Å². The molecule has 0 spiro atoms. The van der Waals surface area contributed by atoms with Crippen LogP contribution in [0.2, 0.25) is 4.34 Å². The zero-order valence-electron chi connectivity index (χ0n) is 7.46. The van der Waals surface area contributed by atoms with E-state index in [-0.39, 0.29) is 16.4 Å². The van der Waals surface area contributed by atoms with E-state index >= 15 is 0 Å². The van der Waals surface area contributed by atoms with Crippen molar-refractivity contribution in [3.8, 4) is 0 Å². The van der Waals surface area contributed by atoms with Gasteiger partial charge in [0.05, 0.1) is 27.5 Å². The highest BCUT2D eigenvalue weighted by atomic mass is 35.5. The number of hydrogen-bond acceptors (Lipinski definition) is 4. The summed E-state index contributed by atoms with van der Waals surface area (Å²) in [6, 6.07) is 1.88. The van der Waals surface area contributed by atoms with E-state index in [4.69, 9.17) is 21.1 Å². The van der Waals surface area contributed by atoms with Crippen molar-refractivity contribution < 1.29 is 13.9 Å². The summed E-state index contributed by atoms with van der Waals surface area (Å²) < 4.78 is 25.8. The molecule has 80 valence electrons. The van der Waals surface area contributed by atoms with Crippen LogP contribution < -0.4 is 0 Å². The van der Waals surface area contributed by atoms with E-state index in [2.05, 4.69) is 0 Å². The second kappa shape index (κ2) is 3.68. The van der Waals surface area contributed by atoms with Crippen LogP contribution in [-0.4, -0.2) is 13.2 Å². The highest BCUT2D eigenvalue weighted by Crippen LogP contribution is 2.42. The Morgan fingerprint density at radius 1 is 1.33 bits per heavy atom. The van der Waals surface area contributed by atoms with Crippen molar-refractivity contribution in [2.75, 3.05) is 13.2 Å². The number of fused-ring (bicyclic) bond motifs is 1. The molecule has 1 fully saturated rings. The molecule has 1 aliphatic heterocycles. The maximum atomic E-state index is 13.5. The molecule has 0 N–H and O–H groups in total. The largest absolute Gasteiger partial charge is 0.345 e. The van der Waals surface area contributed by atoms with Gasteiger partial charge in [0.2, 0.25) is 0 Å². The lowest BCUT2D eigenvalue weighted by atomic mass is 10.4. The Bertz CT molecular complexity index is 501. The molecule has 0 atom stereocenters. The first-order valence-electron chi connectivity index (χ1n) is 4.36. The smallest absolute Gasteiger partial charge is 0.193 e. The molecular weight excluding hydrogens is 259 g/mol. The van der Waals surface area contributed by atoms with Crippen molar-refractivity contribution in [2.24, 2.45) is 0 Å². The van der Waals surface area contributed by atoms with E-state index in [1.165, 1.54) is 22.7 Å². The van der Waals surface area contributed by atoms with Gasteiger partial charge in [-0.3, -0.25) is 0 Å². The predicted octanol–water partition coefficient (Wildman–Crippen LogP) is 3.80. The highest BCUT2D eigenvalue weighted by Gasteiger charge is 2.23. The third-order valence-corrected chi connectivity index (χ3v) is 4.72. The van der Waals surface area contributed by atoms with Crippen molar-refractivity contribution in [1.82, 2.24) is 0 Å². The molecule has 0 radical (unpaired) electrons. The standard InChI is InChI=1S/C9H6ClFO2S2/c10-8-6(11)7-4(15-8)3-5(14-7)9-12-1-2-13-9/h3,9H,1-2H2. The number of thiophene rings is 2. The molecule has 15 heavy (non-hydrogen) atoms. The molecule has 3 rings (SSSR count). The van der Waals surface area contributed by atoms with E-state index in [9.17, 15) is 4.39 Å². The average molecular weight is 265 g/mol. The molecule has 6 heteroatoms. The molecule has 0 bridgehead atoms. The van der Waals surface area contributed by atoms with Crippen molar-refractivity contribution >= 4 is 43.7 Å². The van der Waals surface area contributed by atoms with Crippen molar-refractivity contribution in [2.45, 2.75) is 6.29 Å². The molecule has 0 aliphatic carbocycles. The fraction of sp³-hybridized carbons (Fsp3) is 0.333. The Kier molecular flexibility index (Phi) is 2.45. The number of halogens is 2. The molecule has 2 aromatic rings. The minimum atomic E-state index is -0.328. The predicted molar refractivity (Wildman–Crippen MR) is 59.3 cm³/mol. The van der Waals surface area contributed by atoms with Gasteiger partial charge in [-0.25, -0.2) is 4.39 Å². The summed E-state index contributed by atoms with van der Waals surface area (Å²) in [6.45, 7) is 1.19. The second-order valence-electron chi connectivity index (χ2n) is 3.11. The monoisotopic (exact) mass is 264 g/mol. The van der Waals surface area contributed by atoms with Gasteiger partial charge in [0.1, 0.15) is 4.34 Å². The zero-order chi connectivity index (χ0) is 10.4. The first kappa shape index (κ1) is 9.99. The van der Waals surface area contributed by atoms with E-state index in [1.807, 2.05) is 6.07 Å². The SMILES string of the molecule is Fc1c(Cl)sc2cc(C3OCCO3)sc12. The molecule has 0 amide bonds. The summed E-state index contributed by atoms with van der Waals surface area (Å²) in [6.07, 6.45) is -0.326. The van der Waals surface area contributed by atoms with Crippen LogP contribution in [0.25, 0.3) is 9.40 Å².